The summed E-state index contributed by atoms with van der Waals surface area (Å²) < 4.78 is 5.19. The lowest BCUT2D eigenvalue weighted by atomic mass is 9.90. The molecule has 2 amide bonds. The van der Waals surface area contributed by atoms with Crippen molar-refractivity contribution in [1.82, 2.24) is 4.90 Å². The zero-order valence-electron chi connectivity index (χ0n) is 22.6. The lowest BCUT2D eigenvalue weighted by molar-refractivity contribution is 0.212. The van der Waals surface area contributed by atoms with Gasteiger partial charge in [0.15, 0.2) is 0 Å². The van der Waals surface area contributed by atoms with E-state index in [2.05, 4.69) is 35.6 Å². The van der Waals surface area contributed by atoms with E-state index in [1.165, 1.54) is 0 Å². The van der Waals surface area contributed by atoms with Crippen LogP contribution in [0.3, 0.4) is 0 Å². The number of urea groups is 1. The maximum atomic E-state index is 12.9. The molecule has 0 bridgehead atoms. The number of nitrogens with one attached hydrogen (secondary N) is 1. The van der Waals surface area contributed by atoms with Crippen LogP contribution in [0.4, 0.5) is 10.5 Å². The summed E-state index contributed by atoms with van der Waals surface area (Å²) in [7, 11) is 1.61. The number of fused-ring (bicyclic) bond motifs is 1. The second-order valence-electron chi connectivity index (χ2n) is 9.71. The van der Waals surface area contributed by atoms with E-state index in [0.29, 0.717) is 25.2 Å². The van der Waals surface area contributed by atoms with E-state index in [0.717, 1.165) is 44.3 Å². The minimum Gasteiger partial charge on any atom is -0.508 e. The number of amides is 2. The fourth-order valence-electron chi connectivity index (χ4n) is 4.87. The van der Waals surface area contributed by atoms with Crippen molar-refractivity contribution in [3.8, 4) is 28.4 Å². The van der Waals surface area contributed by atoms with Gasteiger partial charge in [-0.3, -0.25) is 0 Å². The molecule has 0 aliphatic rings. The third kappa shape index (κ3) is 6.02. The van der Waals surface area contributed by atoms with Crippen molar-refractivity contribution >= 4 is 22.5 Å². The van der Waals surface area contributed by atoms with Crippen LogP contribution < -0.4 is 10.1 Å². The summed E-state index contributed by atoms with van der Waals surface area (Å²) in [5.41, 5.74) is 6.13. The van der Waals surface area contributed by atoms with E-state index in [1.54, 1.807) is 36.3 Å². The number of phenolic OH excluding ortho intramolecular Hbond substituents is 2. The zero-order chi connectivity index (χ0) is 28.1. The van der Waals surface area contributed by atoms with Crippen LogP contribution in [-0.4, -0.2) is 34.8 Å². The number of hydrogen-bond donors (Lipinski definition) is 3. The Morgan fingerprint density at radius 1 is 0.800 bits per heavy atom. The number of ether oxygens (including phenoxy) is 1. The number of hydrogen-bond acceptors (Lipinski definition) is 4. The van der Waals surface area contributed by atoms with E-state index in [9.17, 15) is 15.0 Å². The van der Waals surface area contributed by atoms with Crippen LogP contribution in [0.25, 0.3) is 21.9 Å². The lowest BCUT2D eigenvalue weighted by Gasteiger charge is -2.22. The predicted octanol–water partition coefficient (Wildman–Crippen LogP) is 7.57. The molecule has 0 aromatic heterocycles. The van der Waals surface area contributed by atoms with Gasteiger partial charge in [-0.25, -0.2) is 4.79 Å². The smallest absolute Gasteiger partial charge is 0.322 e. The number of benzene rings is 5. The van der Waals surface area contributed by atoms with Crippen molar-refractivity contribution in [1.29, 1.82) is 0 Å². The van der Waals surface area contributed by atoms with Crippen LogP contribution in [0, 0.1) is 0 Å². The fraction of sp³-hybridized carbons (Fsp3) is 0.147. The van der Waals surface area contributed by atoms with Gasteiger partial charge in [-0.2, -0.15) is 0 Å². The molecule has 6 heteroatoms. The average molecular weight is 533 g/mol. The van der Waals surface area contributed by atoms with Crippen molar-refractivity contribution in [3.05, 3.63) is 120 Å². The summed E-state index contributed by atoms with van der Waals surface area (Å²) >= 11 is 0. The molecule has 3 N–H and O–H groups in total. The van der Waals surface area contributed by atoms with Crippen molar-refractivity contribution < 1.29 is 19.7 Å². The van der Waals surface area contributed by atoms with Crippen molar-refractivity contribution in [2.75, 3.05) is 19.0 Å². The molecule has 0 atom stereocenters. The standard InChI is InChI=1S/C34H32N2O4/c1-3-36(34(39)35-27-11-16-30(40-2)17-12-27)22-24-6-4-23(5-7-24)20-33-31(25-8-13-28(37)14-9-25)18-10-26-21-29(38)15-19-32(26)33/h4-19,21,37-38H,3,20,22H2,1-2H3,(H,35,39). The minimum absolute atomic E-state index is 0.158. The first kappa shape index (κ1) is 26.6. The van der Waals surface area contributed by atoms with Crippen LogP contribution >= 0.6 is 0 Å². The molecule has 0 unspecified atom stereocenters. The number of carbonyl (C=O) groups excluding carboxylic acids is 1. The van der Waals surface area contributed by atoms with Gasteiger partial charge >= 0.3 is 6.03 Å². The summed E-state index contributed by atoms with van der Waals surface area (Å²) in [6.45, 7) is 3.03. The number of anilines is 1. The molecule has 0 saturated carbocycles. The number of methoxy groups -OCH3 is 1. The molecule has 40 heavy (non-hydrogen) atoms. The molecular formula is C34H32N2O4. The fourth-order valence-corrected chi connectivity index (χ4v) is 4.87. The average Bonchev–Trinajstić information content (AvgIpc) is 2.97. The van der Waals surface area contributed by atoms with Crippen molar-refractivity contribution in [2.24, 2.45) is 0 Å². The molecule has 0 radical (unpaired) electrons. The SMILES string of the molecule is CCN(Cc1ccc(Cc2c(-c3ccc(O)cc3)ccc3cc(O)ccc23)cc1)C(=O)Nc1ccc(OC)cc1. The predicted molar refractivity (Wildman–Crippen MR) is 160 cm³/mol. The quantitative estimate of drug-likeness (QED) is 0.192. The highest BCUT2D eigenvalue weighted by molar-refractivity contribution is 5.93. The molecule has 0 aliphatic carbocycles. The largest absolute Gasteiger partial charge is 0.508 e. The molecule has 6 nitrogen and oxygen atoms in total. The molecular weight excluding hydrogens is 500 g/mol. The molecule has 0 fully saturated rings. The maximum absolute atomic E-state index is 12.9. The van der Waals surface area contributed by atoms with Crippen LogP contribution in [0.1, 0.15) is 23.6 Å². The van der Waals surface area contributed by atoms with Crippen LogP contribution in [0.15, 0.2) is 103 Å². The van der Waals surface area contributed by atoms with E-state index in [1.807, 2.05) is 55.5 Å². The number of nitrogens with zero attached hydrogens (tertiary/aromatic N) is 1. The first-order valence-electron chi connectivity index (χ1n) is 13.3. The van der Waals surface area contributed by atoms with Gasteiger partial charge in [0.25, 0.3) is 0 Å². The molecule has 0 saturated heterocycles. The van der Waals surface area contributed by atoms with Crippen molar-refractivity contribution in [3.63, 3.8) is 0 Å². The molecule has 0 aliphatic heterocycles. The third-order valence-electron chi connectivity index (χ3n) is 7.08. The molecule has 202 valence electrons. The summed E-state index contributed by atoms with van der Waals surface area (Å²) in [5.74, 6) is 1.20. The Morgan fingerprint density at radius 2 is 1.48 bits per heavy atom. The number of phenols is 2. The third-order valence-corrected chi connectivity index (χ3v) is 7.08. The molecule has 0 spiro atoms. The number of rotatable bonds is 8. The van der Waals surface area contributed by atoms with Gasteiger partial charge in [0, 0.05) is 18.8 Å². The van der Waals surface area contributed by atoms with E-state index >= 15 is 0 Å². The minimum atomic E-state index is -0.158. The van der Waals surface area contributed by atoms with Gasteiger partial charge in [-0.05, 0) is 100 Å². The number of carbonyl (C=O) groups is 1. The Balaban J connectivity index is 1.36. The van der Waals surface area contributed by atoms with Crippen LogP contribution in [-0.2, 0) is 13.0 Å². The Kier molecular flexibility index (Phi) is 7.87. The highest BCUT2D eigenvalue weighted by atomic mass is 16.5. The van der Waals surface area contributed by atoms with Crippen molar-refractivity contribution in [2.45, 2.75) is 19.9 Å². The van der Waals surface area contributed by atoms with Gasteiger partial charge in [0.2, 0.25) is 0 Å². The Bertz CT molecular complexity index is 1610. The van der Waals surface area contributed by atoms with E-state index < -0.39 is 0 Å². The van der Waals surface area contributed by atoms with Gasteiger partial charge in [0.05, 0.1) is 7.11 Å². The van der Waals surface area contributed by atoms with Gasteiger partial charge < -0.3 is 25.2 Å². The number of aromatic hydroxyl groups is 2. The maximum Gasteiger partial charge on any atom is 0.322 e. The van der Waals surface area contributed by atoms with Gasteiger partial charge in [0.1, 0.15) is 17.2 Å². The Morgan fingerprint density at radius 3 is 2.15 bits per heavy atom. The molecule has 5 aromatic rings. The first-order chi connectivity index (χ1) is 19.4. The Hall–Kier alpha value is -4.97. The monoisotopic (exact) mass is 532 g/mol. The summed E-state index contributed by atoms with van der Waals surface area (Å²) in [5, 5.41) is 24.8. The Labute approximate surface area is 234 Å². The second kappa shape index (κ2) is 11.8. The van der Waals surface area contributed by atoms with Gasteiger partial charge in [-0.1, -0.05) is 54.6 Å². The summed E-state index contributed by atoms with van der Waals surface area (Å²) in [4.78, 5) is 14.7. The summed E-state index contributed by atoms with van der Waals surface area (Å²) in [6, 6.07) is 32.2. The topological polar surface area (TPSA) is 82.0 Å². The highest BCUT2D eigenvalue weighted by Gasteiger charge is 2.14. The normalized spacial score (nSPS) is 10.8. The lowest BCUT2D eigenvalue weighted by Crippen LogP contribution is -2.34. The highest BCUT2D eigenvalue weighted by Crippen LogP contribution is 2.34. The second-order valence-corrected chi connectivity index (χ2v) is 9.71. The molecule has 0 heterocycles. The van der Waals surface area contributed by atoms with E-state index in [-0.39, 0.29) is 17.5 Å². The van der Waals surface area contributed by atoms with Gasteiger partial charge in [-0.15, -0.1) is 0 Å². The molecule has 5 rings (SSSR count). The first-order valence-corrected chi connectivity index (χ1v) is 13.3. The molecule has 5 aromatic carbocycles. The van der Waals surface area contributed by atoms with E-state index in [4.69, 9.17) is 4.74 Å². The zero-order valence-corrected chi connectivity index (χ0v) is 22.6. The van der Waals surface area contributed by atoms with Crippen LogP contribution in [0.5, 0.6) is 17.2 Å². The summed E-state index contributed by atoms with van der Waals surface area (Å²) in [6.07, 6.45) is 0.689. The van der Waals surface area contributed by atoms with Crippen LogP contribution in [0.2, 0.25) is 0 Å².